The number of aliphatic carboxylic acids is 1. The van der Waals surface area contributed by atoms with Crippen molar-refractivity contribution in [2.75, 3.05) is 24.2 Å². The van der Waals surface area contributed by atoms with Gasteiger partial charge in [-0.2, -0.15) is 9.82 Å². The van der Waals surface area contributed by atoms with Crippen LogP contribution < -0.4 is 15.4 Å². The second-order valence-corrected chi connectivity index (χ2v) is 9.25. The Morgan fingerprint density at radius 2 is 2.16 bits per heavy atom. The van der Waals surface area contributed by atoms with Crippen LogP contribution >= 0.6 is 0 Å². The highest BCUT2D eigenvalue weighted by atomic mass is 32.2. The molecule has 0 fully saturated rings. The zero-order chi connectivity index (χ0) is 22.4. The molecule has 0 saturated carbocycles. The Bertz CT molecular complexity index is 1050. The van der Waals surface area contributed by atoms with E-state index in [0.29, 0.717) is 13.0 Å². The van der Waals surface area contributed by atoms with Gasteiger partial charge in [0.25, 0.3) is 5.91 Å². The molecule has 0 spiro atoms. The van der Waals surface area contributed by atoms with Gasteiger partial charge in [0.1, 0.15) is 11.9 Å². The zero-order valence-electron chi connectivity index (χ0n) is 17.2. The van der Waals surface area contributed by atoms with Gasteiger partial charge < -0.3 is 15.7 Å². The lowest BCUT2D eigenvalue weighted by atomic mass is 10.1. The standard InChI is InChI=1S/C19H26N6O5S/c1-2-31(29,30)24-16(19(27)28)11-21-18(26)14-10-22-25(12-14)9-7-15-6-5-13-4-3-8-20-17(13)23-15/h5-6,10,12,16,24H,2-4,7-9,11H2,1H3,(H,20,23)(H,21,26)(H,27,28)/t16-/m0/s1. The molecule has 0 saturated heterocycles. The minimum Gasteiger partial charge on any atom is -0.480 e. The van der Waals surface area contributed by atoms with E-state index in [-0.39, 0.29) is 17.9 Å². The topological polar surface area (TPSA) is 155 Å². The van der Waals surface area contributed by atoms with E-state index >= 15 is 0 Å². The van der Waals surface area contributed by atoms with Crippen LogP contribution in [0.4, 0.5) is 5.82 Å². The normalized spacial score (nSPS) is 14.4. The number of carboxylic acid groups (broad SMARTS) is 1. The quantitative estimate of drug-likeness (QED) is 0.394. The molecular formula is C19H26N6O5S. The number of nitrogens with one attached hydrogen (secondary N) is 3. The van der Waals surface area contributed by atoms with E-state index in [4.69, 9.17) is 5.11 Å². The fourth-order valence-electron chi connectivity index (χ4n) is 3.12. The average molecular weight is 451 g/mol. The largest absolute Gasteiger partial charge is 0.480 e. The van der Waals surface area contributed by atoms with Crippen molar-refractivity contribution in [2.24, 2.45) is 0 Å². The van der Waals surface area contributed by atoms with Crippen LogP contribution in [0.25, 0.3) is 0 Å². The van der Waals surface area contributed by atoms with Crippen molar-refractivity contribution in [3.63, 3.8) is 0 Å². The molecule has 1 atom stereocenters. The van der Waals surface area contributed by atoms with Crippen LogP contribution in [0.5, 0.6) is 0 Å². The highest BCUT2D eigenvalue weighted by Gasteiger charge is 2.24. The molecule has 3 heterocycles. The number of aryl methyl sites for hydroxylation is 3. The molecule has 168 valence electrons. The van der Waals surface area contributed by atoms with Crippen molar-refractivity contribution < 1.29 is 23.1 Å². The molecule has 3 rings (SSSR count). The number of carbonyl (C=O) groups is 2. The number of carbonyl (C=O) groups excluding carboxylic acids is 1. The molecule has 2 aromatic rings. The zero-order valence-corrected chi connectivity index (χ0v) is 18.0. The lowest BCUT2D eigenvalue weighted by Crippen LogP contribution is -2.48. The van der Waals surface area contributed by atoms with Gasteiger partial charge >= 0.3 is 5.97 Å². The van der Waals surface area contributed by atoms with Gasteiger partial charge in [0.2, 0.25) is 10.0 Å². The van der Waals surface area contributed by atoms with E-state index in [0.717, 1.165) is 30.9 Å². The number of aromatic nitrogens is 3. The van der Waals surface area contributed by atoms with Crippen molar-refractivity contribution in [1.82, 2.24) is 24.8 Å². The molecule has 11 nitrogen and oxygen atoms in total. The number of carboxylic acids is 1. The Kier molecular flexibility index (Phi) is 7.23. The predicted molar refractivity (Wildman–Crippen MR) is 113 cm³/mol. The molecule has 1 amide bonds. The lowest BCUT2D eigenvalue weighted by molar-refractivity contribution is -0.138. The lowest BCUT2D eigenvalue weighted by Gasteiger charge is -2.17. The van der Waals surface area contributed by atoms with E-state index in [1.165, 1.54) is 18.7 Å². The number of pyridine rings is 1. The minimum absolute atomic E-state index is 0.252. The first-order valence-corrected chi connectivity index (χ1v) is 11.7. The van der Waals surface area contributed by atoms with Gasteiger partial charge in [0.15, 0.2) is 0 Å². The highest BCUT2D eigenvalue weighted by Crippen LogP contribution is 2.19. The molecule has 0 aliphatic carbocycles. The van der Waals surface area contributed by atoms with Gasteiger partial charge in [0.05, 0.1) is 17.5 Å². The summed E-state index contributed by atoms with van der Waals surface area (Å²) in [5.74, 6) is -1.24. The van der Waals surface area contributed by atoms with Crippen LogP contribution in [-0.2, 0) is 34.2 Å². The maximum absolute atomic E-state index is 12.3. The van der Waals surface area contributed by atoms with Crippen molar-refractivity contribution >= 4 is 27.7 Å². The maximum atomic E-state index is 12.3. The number of hydrogen-bond donors (Lipinski definition) is 4. The third kappa shape index (κ3) is 6.25. The molecule has 1 aliphatic rings. The summed E-state index contributed by atoms with van der Waals surface area (Å²) in [6, 6.07) is 2.62. The molecule has 4 N–H and O–H groups in total. The van der Waals surface area contributed by atoms with Crippen LogP contribution in [0.15, 0.2) is 24.5 Å². The number of fused-ring (bicyclic) bond motifs is 1. The van der Waals surface area contributed by atoms with E-state index in [2.05, 4.69) is 26.8 Å². The summed E-state index contributed by atoms with van der Waals surface area (Å²) in [5.41, 5.74) is 2.39. The van der Waals surface area contributed by atoms with Crippen LogP contribution in [0.2, 0.25) is 0 Å². The van der Waals surface area contributed by atoms with Gasteiger partial charge in [-0.25, -0.2) is 13.4 Å². The van der Waals surface area contributed by atoms with Gasteiger partial charge in [-0.15, -0.1) is 0 Å². The first kappa shape index (κ1) is 22.7. The Morgan fingerprint density at radius 1 is 1.35 bits per heavy atom. The first-order valence-electron chi connectivity index (χ1n) is 10.0. The Hall–Kier alpha value is -2.99. The number of hydrogen-bond acceptors (Lipinski definition) is 7. The summed E-state index contributed by atoms with van der Waals surface area (Å²) < 4.78 is 26.8. The minimum atomic E-state index is -3.72. The molecule has 1 aliphatic heterocycles. The molecule has 0 radical (unpaired) electrons. The molecule has 0 aromatic carbocycles. The van der Waals surface area contributed by atoms with Crippen molar-refractivity contribution in [3.8, 4) is 0 Å². The first-order chi connectivity index (χ1) is 14.8. The summed E-state index contributed by atoms with van der Waals surface area (Å²) in [7, 11) is -3.72. The number of sulfonamides is 1. The molecule has 2 aromatic heterocycles. The highest BCUT2D eigenvalue weighted by molar-refractivity contribution is 7.89. The van der Waals surface area contributed by atoms with Crippen LogP contribution in [-0.4, -0.2) is 65.0 Å². The Balaban J connectivity index is 1.53. The third-order valence-corrected chi connectivity index (χ3v) is 6.31. The van der Waals surface area contributed by atoms with Crippen molar-refractivity contribution in [2.45, 2.75) is 38.8 Å². The van der Waals surface area contributed by atoms with Gasteiger partial charge in [-0.05, 0) is 31.4 Å². The summed E-state index contributed by atoms with van der Waals surface area (Å²) in [4.78, 5) is 28.2. The molecule has 0 bridgehead atoms. The SMILES string of the molecule is CCS(=O)(=O)N[C@@H](CNC(=O)c1cnn(CCc2ccc3c(n2)NCCC3)c1)C(=O)O. The average Bonchev–Trinajstić information content (AvgIpc) is 3.24. The van der Waals surface area contributed by atoms with Gasteiger partial charge in [0, 0.05) is 37.9 Å². The molecule has 12 heteroatoms. The van der Waals surface area contributed by atoms with Gasteiger partial charge in [-0.3, -0.25) is 14.3 Å². The second kappa shape index (κ2) is 9.88. The van der Waals surface area contributed by atoms with E-state index in [9.17, 15) is 18.0 Å². The summed E-state index contributed by atoms with van der Waals surface area (Å²) >= 11 is 0. The maximum Gasteiger partial charge on any atom is 0.323 e. The Labute approximate surface area is 180 Å². The number of anilines is 1. The van der Waals surface area contributed by atoms with Crippen molar-refractivity contribution in [1.29, 1.82) is 0 Å². The third-order valence-electron chi connectivity index (χ3n) is 4.91. The summed E-state index contributed by atoms with van der Waals surface area (Å²) in [6.45, 7) is 2.45. The summed E-state index contributed by atoms with van der Waals surface area (Å²) in [5, 5.41) is 19.1. The number of rotatable bonds is 10. The number of amides is 1. The predicted octanol–water partition coefficient (Wildman–Crippen LogP) is 0.00120. The van der Waals surface area contributed by atoms with E-state index in [1.807, 2.05) is 10.8 Å². The van der Waals surface area contributed by atoms with Gasteiger partial charge in [-0.1, -0.05) is 6.07 Å². The molecule has 0 unspecified atom stereocenters. The van der Waals surface area contributed by atoms with Crippen LogP contribution in [0.3, 0.4) is 0 Å². The number of nitrogens with zero attached hydrogens (tertiary/aromatic N) is 3. The summed E-state index contributed by atoms with van der Waals surface area (Å²) in [6.07, 6.45) is 5.69. The van der Waals surface area contributed by atoms with Crippen molar-refractivity contribution in [3.05, 3.63) is 41.3 Å². The monoisotopic (exact) mass is 450 g/mol. The van der Waals surface area contributed by atoms with E-state index in [1.54, 1.807) is 10.9 Å². The van der Waals surface area contributed by atoms with Crippen LogP contribution in [0.1, 0.15) is 35.0 Å². The Morgan fingerprint density at radius 3 is 2.90 bits per heavy atom. The molecule has 31 heavy (non-hydrogen) atoms. The fraction of sp³-hybridized carbons (Fsp3) is 0.474. The van der Waals surface area contributed by atoms with Crippen LogP contribution in [0, 0.1) is 0 Å². The smallest absolute Gasteiger partial charge is 0.323 e. The van der Waals surface area contributed by atoms with E-state index < -0.39 is 27.9 Å². The second-order valence-electron chi connectivity index (χ2n) is 7.20. The molecular weight excluding hydrogens is 424 g/mol. The fourth-order valence-corrected chi connectivity index (χ4v) is 3.90.